The Balaban J connectivity index is 1.76. The first-order valence-corrected chi connectivity index (χ1v) is 12.6. The number of ketones is 1. The summed E-state index contributed by atoms with van der Waals surface area (Å²) in [5.41, 5.74) is 1.08. The number of halogens is 3. The van der Waals surface area contributed by atoms with E-state index in [9.17, 15) is 32.7 Å². The summed E-state index contributed by atoms with van der Waals surface area (Å²) in [6.45, 7) is 2.79. The van der Waals surface area contributed by atoms with Crippen molar-refractivity contribution in [1.29, 1.82) is 0 Å². The highest BCUT2D eigenvalue weighted by atomic mass is 19.4. The van der Waals surface area contributed by atoms with Crippen LogP contribution in [0.1, 0.15) is 45.0 Å². The smallest absolute Gasteiger partial charge is 0.496 e. The van der Waals surface area contributed by atoms with Gasteiger partial charge in [-0.3, -0.25) is 24.1 Å². The molecule has 1 aromatic heterocycles. The van der Waals surface area contributed by atoms with Crippen LogP contribution < -0.4 is 15.4 Å². The number of alkyl halides is 3. The molecule has 0 spiro atoms. The Labute approximate surface area is 223 Å². The van der Waals surface area contributed by atoms with Crippen molar-refractivity contribution in [2.24, 2.45) is 22.7 Å². The highest BCUT2D eigenvalue weighted by Gasteiger charge is 2.35. The van der Waals surface area contributed by atoms with Crippen LogP contribution >= 0.6 is 0 Å². The minimum absolute atomic E-state index is 0.00463. The SMILES string of the molecule is COc1cccc2[nH]c(C(O)N=CC(CC(C)C)C(=O)N[C@@H](C[C@@H]3CCNC3=O)C(=O)COC(F)(F)F)cc12. The van der Waals surface area contributed by atoms with E-state index in [0.29, 0.717) is 29.9 Å². The zero-order chi connectivity index (χ0) is 28.7. The van der Waals surface area contributed by atoms with Gasteiger partial charge in [0, 0.05) is 29.6 Å². The third kappa shape index (κ3) is 8.52. The molecule has 3 rings (SSSR count). The molecule has 4 atom stereocenters. The largest absolute Gasteiger partial charge is 0.522 e. The second kappa shape index (κ2) is 13.1. The number of aliphatic hydroxyl groups is 1. The lowest BCUT2D eigenvalue weighted by atomic mass is 9.93. The fourth-order valence-electron chi connectivity index (χ4n) is 4.43. The maximum absolute atomic E-state index is 13.2. The second-order valence-corrected chi connectivity index (χ2v) is 9.83. The highest BCUT2D eigenvalue weighted by molar-refractivity contribution is 5.97. The lowest BCUT2D eigenvalue weighted by molar-refractivity contribution is -0.321. The fraction of sp³-hybridized carbons (Fsp3) is 0.538. The van der Waals surface area contributed by atoms with E-state index in [0.717, 1.165) is 5.39 Å². The molecule has 2 amide bonds. The van der Waals surface area contributed by atoms with Crippen molar-refractivity contribution in [2.45, 2.75) is 51.7 Å². The molecule has 1 aliphatic rings. The molecule has 1 fully saturated rings. The number of ether oxygens (including phenoxy) is 2. The van der Waals surface area contributed by atoms with Crippen LogP contribution in [0.15, 0.2) is 29.3 Å². The van der Waals surface area contributed by atoms with Crippen LogP contribution in [0.5, 0.6) is 5.75 Å². The van der Waals surface area contributed by atoms with Crippen molar-refractivity contribution >= 4 is 34.7 Å². The summed E-state index contributed by atoms with van der Waals surface area (Å²) in [4.78, 5) is 45.0. The molecule has 0 aliphatic carbocycles. The number of amides is 2. The summed E-state index contributed by atoms with van der Waals surface area (Å²) >= 11 is 0. The Morgan fingerprint density at radius 2 is 2.05 bits per heavy atom. The van der Waals surface area contributed by atoms with Gasteiger partial charge in [0.2, 0.25) is 11.8 Å². The first-order chi connectivity index (χ1) is 18.4. The van der Waals surface area contributed by atoms with E-state index in [-0.39, 0.29) is 24.7 Å². The fourth-order valence-corrected chi connectivity index (χ4v) is 4.43. The zero-order valence-electron chi connectivity index (χ0n) is 21.9. The number of H-pyrrole nitrogens is 1. The van der Waals surface area contributed by atoms with Gasteiger partial charge in [-0.25, -0.2) is 0 Å². The number of aliphatic imine (C=N–C) groups is 1. The molecular weight excluding hydrogens is 521 g/mol. The van der Waals surface area contributed by atoms with Gasteiger partial charge in [-0.2, -0.15) is 0 Å². The van der Waals surface area contributed by atoms with Gasteiger partial charge in [0.25, 0.3) is 0 Å². The molecule has 4 N–H and O–H groups in total. The van der Waals surface area contributed by atoms with E-state index in [1.807, 2.05) is 13.8 Å². The molecule has 0 bridgehead atoms. The number of aliphatic hydroxyl groups excluding tert-OH is 1. The number of hydrogen-bond acceptors (Lipinski definition) is 7. The molecule has 1 aromatic carbocycles. The van der Waals surface area contributed by atoms with Crippen LogP contribution in [-0.4, -0.2) is 66.6 Å². The van der Waals surface area contributed by atoms with E-state index in [1.54, 1.807) is 24.3 Å². The molecular formula is C26H33F3N4O6. The summed E-state index contributed by atoms with van der Waals surface area (Å²) in [5.74, 6) is -2.95. The summed E-state index contributed by atoms with van der Waals surface area (Å²) in [5, 5.41) is 16.5. The second-order valence-electron chi connectivity index (χ2n) is 9.83. The summed E-state index contributed by atoms with van der Waals surface area (Å²) in [6, 6.07) is 5.66. The van der Waals surface area contributed by atoms with E-state index in [1.165, 1.54) is 13.3 Å². The standard InChI is InChI=1S/C26H33F3N4O6/c1-14(2)9-16(12-31-25(37)20-11-17-18(32-20)5-4-6-22(17)38-3)24(36)33-19(10-15-7-8-30-23(15)35)21(34)13-39-26(27,28)29/h4-6,11-12,14-16,19,25,32,37H,7-10,13H2,1-3H3,(H,30,35)(H,33,36)/t15-,16?,19-,25?/m0/s1. The summed E-state index contributed by atoms with van der Waals surface area (Å²) in [6.07, 6.45) is -4.60. The molecule has 1 aliphatic heterocycles. The van der Waals surface area contributed by atoms with E-state index >= 15 is 0 Å². The predicted molar refractivity (Wildman–Crippen MR) is 136 cm³/mol. The van der Waals surface area contributed by atoms with Crippen LogP contribution in [0, 0.1) is 17.8 Å². The number of hydrogen-bond donors (Lipinski definition) is 4. The minimum atomic E-state index is -5.02. The van der Waals surface area contributed by atoms with E-state index in [2.05, 4.69) is 25.3 Å². The maximum atomic E-state index is 13.2. The minimum Gasteiger partial charge on any atom is -0.496 e. The Morgan fingerprint density at radius 3 is 2.67 bits per heavy atom. The molecule has 39 heavy (non-hydrogen) atoms. The molecule has 0 radical (unpaired) electrons. The molecule has 1 saturated heterocycles. The number of fused-ring (bicyclic) bond motifs is 1. The molecule has 10 nitrogen and oxygen atoms in total. The van der Waals surface area contributed by atoms with Crippen molar-refractivity contribution in [3.63, 3.8) is 0 Å². The van der Waals surface area contributed by atoms with Crippen LogP contribution in [0.25, 0.3) is 10.9 Å². The Kier molecular flexibility index (Phi) is 10.1. The lowest BCUT2D eigenvalue weighted by Gasteiger charge is -2.23. The summed E-state index contributed by atoms with van der Waals surface area (Å²) in [7, 11) is 1.53. The number of rotatable bonds is 13. The Hall–Kier alpha value is -3.45. The van der Waals surface area contributed by atoms with Gasteiger partial charge in [0.05, 0.1) is 24.8 Å². The number of methoxy groups -OCH3 is 1. The third-order valence-electron chi connectivity index (χ3n) is 6.38. The van der Waals surface area contributed by atoms with Crippen LogP contribution in [0.4, 0.5) is 13.2 Å². The monoisotopic (exact) mass is 554 g/mol. The zero-order valence-corrected chi connectivity index (χ0v) is 21.9. The topological polar surface area (TPSA) is 142 Å². The average Bonchev–Trinajstić information content (AvgIpc) is 3.49. The number of Topliss-reactive ketones (excluding diaryl/α,β-unsaturated/α-hetero) is 1. The van der Waals surface area contributed by atoms with Gasteiger partial charge in [-0.15, -0.1) is 13.2 Å². The Morgan fingerprint density at radius 1 is 1.31 bits per heavy atom. The van der Waals surface area contributed by atoms with Gasteiger partial charge in [-0.1, -0.05) is 19.9 Å². The molecule has 214 valence electrons. The van der Waals surface area contributed by atoms with Crippen molar-refractivity contribution in [3.8, 4) is 5.75 Å². The predicted octanol–water partition coefficient (Wildman–Crippen LogP) is 3.02. The number of aromatic nitrogens is 1. The van der Waals surface area contributed by atoms with Crippen LogP contribution in [-0.2, 0) is 19.1 Å². The van der Waals surface area contributed by atoms with Crippen molar-refractivity contribution in [2.75, 3.05) is 20.3 Å². The number of carbonyl (C=O) groups is 3. The van der Waals surface area contributed by atoms with Crippen molar-refractivity contribution in [3.05, 3.63) is 30.0 Å². The normalized spacial score (nSPS) is 18.4. The van der Waals surface area contributed by atoms with Gasteiger partial charge < -0.3 is 25.5 Å². The van der Waals surface area contributed by atoms with Crippen LogP contribution in [0.2, 0.25) is 0 Å². The summed E-state index contributed by atoms with van der Waals surface area (Å²) < 4.78 is 46.6. The number of nitrogens with zero attached hydrogens (tertiary/aromatic N) is 1. The van der Waals surface area contributed by atoms with Gasteiger partial charge in [0.15, 0.2) is 12.0 Å². The highest BCUT2D eigenvalue weighted by Crippen LogP contribution is 2.29. The van der Waals surface area contributed by atoms with Gasteiger partial charge in [0.1, 0.15) is 12.4 Å². The molecule has 0 saturated carbocycles. The van der Waals surface area contributed by atoms with Gasteiger partial charge in [-0.05, 0) is 43.4 Å². The molecule has 13 heteroatoms. The quantitative estimate of drug-likeness (QED) is 0.281. The van der Waals surface area contributed by atoms with Crippen LogP contribution in [0.3, 0.4) is 0 Å². The maximum Gasteiger partial charge on any atom is 0.522 e. The van der Waals surface area contributed by atoms with E-state index < -0.39 is 48.8 Å². The van der Waals surface area contributed by atoms with Crippen molar-refractivity contribution < 1.29 is 42.1 Å². The first-order valence-electron chi connectivity index (χ1n) is 12.6. The first kappa shape index (κ1) is 30.1. The lowest BCUT2D eigenvalue weighted by Crippen LogP contribution is -2.47. The molecule has 2 aromatic rings. The number of carbonyl (C=O) groups excluding carboxylic acids is 3. The molecule has 2 unspecified atom stereocenters. The molecule has 2 heterocycles. The average molecular weight is 555 g/mol. The number of aromatic amines is 1. The third-order valence-corrected chi connectivity index (χ3v) is 6.38. The number of benzene rings is 1. The van der Waals surface area contributed by atoms with Gasteiger partial charge >= 0.3 is 6.36 Å². The van der Waals surface area contributed by atoms with Crippen molar-refractivity contribution in [1.82, 2.24) is 15.6 Å². The number of nitrogens with one attached hydrogen (secondary N) is 3. The Bertz CT molecular complexity index is 1200. The van der Waals surface area contributed by atoms with E-state index in [4.69, 9.17) is 4.74 Å².